The second kappa shape index (κ2) is 28.6. The summed E-state index contributed by atoms with van der Waals surface area (Å²) in [5, 5.41) is 24.9. The molecule has 0 bridgehead atoms. The summed E-state index contributed by atoms with van der Waals surface area (Å²) in [7, 11) is 0. The first-order chi connectivity index (χ1) is 12.3. The monoisotopic (exact) mass is 362 g/mol. The van der Waals surface area contributed by atoms with E-state index in [9.17, 15) is 0 Å². The number of rotatable bonds is 19. The third kappa shape index (κ3) is 32.0. The van der Waals surface area contributed by atoms with E-state index in [1.807, 2.05) is 6.92 Å². The summed E-state index contributed by atoms with van der Waals surface area (Å²) in [4.78, 5) is 3.69. The molecule has 0 aliphatic rings. The minimum absolute atomic E-state index is 0.363. The van der Waals surface area contributed by atoms with Gasteiger partial charge in [-0.15, -0.1) is 0 Å². The van der Waals surface area contributed by atoms with Crippen molar-refractivity contribution in [3.05, 3.63) is 0 Å². The molecule has 0 radical (unpaired) electrons. The van der Waals surface area contributed by atoms with Crippen molar-refractivity contribution >= 4 is 0 Å². The van der Waals surface area contributed by atoms with Gasteiger partial charge >= 0.3 is 0 Å². The van der Waals surface area contributed by atoms with Gasteiger partial charge in [0.2, 0.25) is 0 Å². The van der Waals surface area contributed by atoms with Crippen LogP contribution in [0.15, 0.2) is 0 Å². The molecule has 4 heteroatoms. The first-order valence-electron chi connectivity index (χ1n) is 10.8. The zero-order valence-electron chi connectivity index (χ0n) is 16.9. The maximum Gasteiger partial charge on any atom is 0.0817 e. The first-order valence-corrected chi connectivity index (χ1v) is 10.8. The summed E-state index contributed by atoms with van der Waals surface area (Å²) < 4.78 is 0. The average Bonchev–Trinajstić information content (AvgIpc) is 2.62. The molecule has 0 aromatic rings. The molecular formula is C21H46O4. The maximum atomic E-state index is 8.67. The van der Waals surface area contributed by atoms with Crippen LogP contribution in [-0.2, 0) is 4.89 Å². The minimum atomic E-state index is 0.363. The Labute approximate surface area is 156 Å². The van der Waals surface area contributed by atoms with E-state index in [1.54, 1.807) is 0 Å². The van der Waals surface area contributed by atoms with Crippen LogP contribution in [0.2, 0.25) is 0 Å². The normalized spacial score (nSPS) is 10.6. The largest absolute Gasteiger partial charge is 0.396 e. The van der Waals surface area contributed by atoms with E-state index in [0.717, 1.165) is 19.3 Å². The third-order valence-corrected chi connectivity index (χ3v) is 4.36. The average molecular weight is 363 g/mol. The Morgan fingerprint density at radius 1 is 0.480 bits per heavy atom. The van der Waals surface area contributed by atoms with Gasteiger partial charge in [-0.3, -0.25) is 5.26 Å². The molecule has 154 valence electrons. The highest BCUT2D eigenvalue weighted by molar-refractivity contribution is 4.50. The van der Waals surface area contributed by atoms with E-state index in [1.165, 1.54) is 89.9 Å². The van der Waals surface area contributed by atoms with Crippen LogP contribution in [0.1, 0.15) is 116 Å². The molecule has 0 aromatic carbocycles. The van der Waals surface area contributed by atoms with Crippen molar-refractivity contribution in [2.75, 3.05) is 19.8 Å². The van der Waals surface area contributed by atoms with E-state index < -0.39 is 0 Å². The van der Waals surface area contributed by atoms with E-state index in [0.29, 0.717) is 19.8 Å². The molecule has 0 saturated heterocycles. The van der Waals surface area contributed by atoms with Crippen molar-refractivity contribution in [1.82, 2.24) is 0 Å². The molecule has 0 fully saturated rings. The fraction of sp³-hybridized carbons (Fsp3) is 1.00. The van der Waals surface area contributed by atoms with Gasteiger partial charge in [-0.1, -0.05) is 96.8 Å². The lowest BCUT2D eigenvalue weighted by Gasteiger charge is -2.03. The van der Waals surface area contributed by atoms with E-state index in [4.69, 9.17) is 15.5 Å². The summed E-state index contributed by atoms with van der Waals surface area (Å²) >= 11 is 0. The van der Waals surface area contributed by atoms with Gasteiger partial charge in [0, 0.05) is 13.2 Å². The molecule has 0 saturated carbocycles. The summed E-state index contributed by atoms with van der Waals surface area (Å²) in [6.45, 7) is 3.10. The van der Waals surface area contributed by atoms with Crippen LogP contribution >= 0.6 is 0 Å². The van der Waals surface area contributed by atoms with Crippen molar-refractivity contribution in [2.24, 2.45) is 0 Å². The Balaban J connectivity index is 0. The summed E-state index contributed by atoms with van der Waals surface area (Å²) in [5.74, 6) is 0. The Bertz CT molecular complexity index is 180. The molecule has 0 rings (SSSR count). The van der Waals surface area contributed by atoms with Gasteiger partial charge in [-0.25, -0.2) is 4.89 Å². The summed E-state index contributed by atoms with van der Waals surface area (Å²) in [6, 6.07) is 0. The fourth-order valence-electron chi connectivity index (χ4n) is 2.79. The molecule has 3 N–H and O–H groups in total. The molecule has 0 heterocycles. The minimum Gasteiger partial charge on any atom is -0.396 e. The first kappa shape index (κ1) is 27.1. The molecule has 0 atom stereocenters. The summed E-state index contributed by atoms with van der Waals surface area (Å²) in [5.41, 5.74) is 0. The topological polar surface area (TPSA) is 69.9 Å². The van der Waals surface area contributed by atoms with Gasteiger partial charge in [-0.2, -0.15) is 0 Å². The lowest BCUT2D eigenvalue weighted by Crippen LogP contribution is -1.85. The standard InChI is InChI=1S/C18H38O2.C3H8O2/c19-17-15-13-11-9-7-5-3-1-2-4-6-8-10-12-14-16-18-20;1-2-3-5-4/h19-20H,1-18H2;4H,2-3H2,1H3. The zero-order valence-corrected chi connectivity index (χ0v) is 16.9. The van der Waals surface area contributed by atoms with Crippen LogP contribution in [-0.4, -0.2) is 35.3 Å². The lowest BCUT2D eigenvalue weighted by molar-refractivity contribution is -0.241. The Hall–Kier alpha value is -0.160. The predicted octanol–water partition coefficient (Wildman–Crippen LogP) is 6.10. The zero-order chi connectivity index (χ0) is 18.8. The third-order valence-electron chi connectivity index (χ3n) is 4.36. The highest BCUT2D eigenvalue weighted by Crippen LogP contribution is 2.13. The molecule has 0 amide bonds. The second-order valence-corrected chi connectivity index (χ2v) is 6.94. The molecule has 0 aliphatic heterocycles. The Morgan fingerprint density at radius 3 is 0.840 bits per heavy atom. The Morgan fingerprint density at radius 2 is 0.720 bits per heavy atom. The van der Waals surface area contributed by atoms with Crippen LogP contribution in [0.5, 0.6) is 0 Å². The highest BCUT2D eigenvalue weighted by Gasteiger charge is 1.94. The highest BCUT2D eigenvalue weighted by atomic mass is 17.1. The van der Waals surface area contributed by atoms with Crippen molar-refractivity contribution in [2.45, 2.75) is 116 Å². The van der Waals surface area contributed by atoms with Gasteiger partial charge in [0.05, 0.1) is 6.61 Å². The van der Waals surface area contributed by atoms with Crippen LogP contribution in [0, 0.1) is 0 Å². The lowest BCUT2D eigenvalue weighted by atomic mass is 10.0. The number of hydrogen-bond donors (Lipinski definition) is 3. The van der Waals surface area contributed by atoms with Crippen molar-refractivity contribution in [1.29, 1.82) is 0 Å². The van der Waals surface area contributed by atoms with E-state index >= 15 is 0 Å². The molecular weight excluding hydrogens is 316 g/mol. The molecule has 0 aromatic heterocycles. The second-order valence-electron chi connectivity index (χ2n) is 6.94. The molecule has 0 spiro atoms. The van der Waals surface area contributed by atoms with Gasteiger partial charge in [0.25, 0.3) is 0 Å². The SMILES string of the molecule is CCCOO.OCCCCCCCCCCCCCCCCCCO. The number of hydrogen-bond acceptors (Lipinski definition) is 4. The quantitative estimate of drug-likeness (QED) is 0.147. The number of aliphatic hydroxyl groups excluding tert-OH is 2. The predicted molar refractivity (Wildman–Crippen MR) is 107 cm³/mol. The van der Waals surface area contributed by atoms with E-state index in [-0.39, 0.29) is 0 Å². The Kier molecular flexibility index (Phi) is 31.0. The maximum absolute atomic E-state index is 8.67. The van der Waals surface area contributed by atoms with Gasteiger partial charge < -0.3 is 10.2 Å². The molecule has 25 heavy (non-hydrogen) atoms. The van der Waals surface area contributed by atoms with Crippen molar-refractivity contribution in [3.8, 4) is 0 Å². The van der Waals surface area contributed by atoms with Crippen molar-refractivity contribution in [3.63, 3.8) is 0 Å². The smallest absolute Gasteiger partial charge is 0.0817 e. The van der Waals surface area contributed by atoms with E-state index in [2.05, 4.69) is 4.89 Å². The van der Waals surface area contributed by atoms with Crippen LogP contribution < -0.4 is 0 Å². The molecule has 0 unspecified atom stereocenters. The summed E-state index contributed by atoms with van der Waals surface area (Å²) in [6.07, 6.45) is 21.8. The molecule has 0 aliphatic carbocycles. The van der Waals surface area contributed by atoms with Gasteiger partial charge in [0.15, 0.2) is 0 Å². The van der Waals surface area contributed by atoms with Gasteiger partial charge in [0.1, 0.15) is 0 Å². The van der Waals surface area contributed by atoms with Crippen LogP contribution in [0.3, 0.4) is 0 Å². The van der Waals surface area contributed by atoms with Crippen LogP contribution in [0.25, 0.3) is 0 Å². The van der Waals surface area contributed by atoms with Crippen LogP contribution in [0.4, 0.5) is 0 Å². The number of unbranched alkanes of at least 4 members (excludes halogenated alkanes) is 15. The number of aliphatic hydroxyl groups is 2. The van der Waals surface area contributed by atoms with Gasteiger partial charge in [-0.05, 0) is 19.3 Å². The molecule has 4 nitrogen and oxygen atoms in total. The van der Waals surface area contributed by atoms with Crippen molar-refractivity contribution < 1.29 is 20.4 Å². The fourth-order valence-corrected chi connectivity index (χ4v) is 2.79.